The average molecular weight is 389 g/mol. The smallest absolute Gasteiger partial charge is 0.268 e. The van der Waals surface area contributed by atoms with E-state index in [0.29, 0.717) is 16.1 Å². The number of primary amides is 1. The summed E-state index contributed by atoms with van der Waals surface area (Å²) in [4.78, 5) is 33.9. The lowest BCUT2D eigenvalue weighted by Gasteiger charge is -2.17. The molecule has 1 aromatic carbocycles. The molecule has 136 valence electrons. The van der Waals surface area contributed by atoms with E-state index in [0.717, 1.165) is 27.8 Å². The molecular formula is C18H20N4O2S2. The number of hydrogen-bond donors (Lipinski definition) is 1. The van der Waals surface area contributed by atoms with Gasteiger partial charge in [-0.25, -0.2) is 4.98 Å². The molecule has 6 nitrogen and oxygen atoms in total. The van der Waals surface area contributed by atoms with Crippen LogP contribution in [-0.4, -0.2) is 36.9 Å². The van der Waals surface area contributed by atoms with Gasteiger partial charge in [0.25, 0.3) is 5.91 Å². The van der Waals surface area contributed by atoms with Crippen molar-refractivity contribution in [1.29, 1.82) is 0 Å². The van der Waals surface area contributed by atoms with Gasteiger partial charge < -0.3 is 15.5 Å². The zero-order chi connectivity index (χ0) is 18.8. The summed E-state index contributed by atoms with van der Waals surface area (Å²) in [5.41, 5.74) is 6.37. The predicted octanol–water partition coefficient (Wildman–Crippen LogP) is 3.58. The summed E-state index contributed by atoms with van der Waals surface area (Å²) in [7, 11) is 1.71. The number of rotatable bonds is 6. The van der Waals surface area contributed by atoms with E-state index in [1.54, 1.807) is 47.5 Å². The zero-order valence-corrected chi connectivity index (χ0v) is 16.5. The van der Waals surface area contributed by atoms with Crippen molar-refractivity contribution < 1.29 is 9.59 Å². The number of thiazole rings is 1. The monoisotopic (exact) mass is 388 g/mol. The molecule has 2 N–H and O–H groups in total. The Labute approximate surface area is 159 Å². The number of nitrogens with zero attached hydrogens (tertiary/aromatic N) is 3. The normalized spacial score (nSPS) is 10.9. The first kappa shape index (κ1) is 18.3. The lowest BCUT2D eigenvalue weighted by atomic mass is 10.2. The van der Waals surface area contributed by atoms with Crippen molar-refractivity contribution in [3.63, 3.8) is 0 Å². The second-order valence-electron chi connectivity index (χ2n) is 5.72. The Hall–Kier alpha value is -2.45. The highest BCUT2D eigenvalue weighted by molar-refractivity contribution is 7.29. The molecule has 0 spiro atoms. The molecule has 0 saturated carbocycles. The lowest BCUT2D eigenvalue weighted by molar-refractivity contribution is 0.0991. The molecule has 0 aliphatic heterocycles. The molecule has 0 saturated heterocycles. The van der Waals surface area contributed by atoms with Crippen molar-refractivity contribution in [3.8, 4) is 0 Å². The van der Waals surface area contributed by atoms with Crippen LogP contribution in [0.2, 0.25) is 0 Å². The first-order valence-electron chi connectivity index (χ1n) is 8.27. The van der Waals surface area contributed by atoms with Crippen molar-refractivity contribution in [2.75, 3.05) is 29.9 Å². The van der Waals surface area contributed by atoms with Gasteiger partial charge in [-0.05, 0) is 44.2 Å². The summed E-state index contributed by atoms with van der Waals surface area (Å²) >= 11 is 3.01. The van der Waals surface area contributed by atoms with Crippen molar-refractivity contribution >= 4 is 54.8 Å². The van der Waals surface area contributed by atoms with Crippen molar-refractivity contribution in [1.82, 2.24) is 4.98 Å². The van der Waals surface area contributed by atoms with E-state index in [4.69, 9.17) is 5.73 Å². The van der Waals surface area contributed by atoms with Gasteiger partial charge in [-0.1, -0.05) is 11.3 Å². The number of amides is 2. The van der Waals surface area contributed by atoms with E-state index in [1.807, 2.05) is 6.07 Å². The Morgan fingerprint density at radius 1 is 1.12 bits per heavy atom. The number of thiophene rings is 1. The molecule has 0 radical (unpaired) electrons. The molecule has 2 amide bonds. The zero-order valence-electron chi connectivity index (χ0n) is 14.9. The van der Waals surface area contributed by atoms with Gasteiger partial charge in [-0.15, -0.1) is 11.3 Å². The molecule has 2 aromatic heterocycles. The molecule has 3 aromatic rings. The van der Waals surface area contributed by atoms with Crippen LogP contribution < -0.4 is 15.5 Å². The van der Waals surface area contributed by atoms with Crippen molar-refractivity contribution in [2.45, 2.75) is 13.8 Å². The van der Waals surface area contributed by atoms with Crippen LogP contribution in [0.25, 0.3) is 9.53 Å². The van der Waals surface area contributed by atoms with Crippen LogP contribution in [0, 0.1) is 0 Å². The second kappa shape index (κ2) is 7.43. The van der Waals surface area contributed by atoms with Gasteiger partial charge in [0.05, 0.1) is 9.58 Å². The predicted molar refractivity (Wildman–Crippen MR) is 109 cm³/mol. The van der Waals surface area contributed by atoms with Crippen molar-refractivity contribution in [2.24, 2.45) is 5.73 Å². The van der Waals surface area contributed by atoms with Gasteiger partial charge in [0, 0.05) is 31.4 Å². The van der Waals surface area contributed by atoms with Gasteiger partial charge in [-0.2, -0.15) is 0 Å². The minimum absolute atomic E-state index is 0.101. The van der Waals surface area contributed by atoms with Crippen molar-refractivity contribution in [3.05, 3.63) is 40.8 Å². The van der Waals surface area contributed by atoms with Crippen LogP contribution in [0.5, 0.6) is 0 Å². The average Bonchev–Trinajstić information content (AvgIpc) is 3.21. The fraction of sp³-hybridized carbons (Fsp3) is 0.278. The SMILES string of the molecule is CCN(CC)c1nc2sc(C(=O)N(C)c3ccc(C(N)=O)cc3)cc2s1. The quantitative estimate of drug-likeness (QED) is 0.700. The Morgan fingerprint density at radius 2 is 1.77 bits per heavy atom. The second-order valence-corrected chi connectivity index (χ2v) is 7.76. The van der Waals surface area contributed by atoms with Crippen LogP contribution in [0.3, 0.4) is 0 Å². The summed E-state index contributed by atoms with van der Waals surface area (Å²) < 4.78 is 1.03. The maximum Gasteiger partial charge on any atom is 0.268 e. The molecule has 0 atom stereocenters. The lowest BCUT2D eigenvalue weighted by Crippen LogP contribution is -2.25. The fourth-order valence-corrected chi connectivity index (χ4v) is 4.90. The molecule has 8 heteroatoms. The van der Waals surface area contributed by atoms with E-state index in [2.05, 4.69) is 23.7 Å². The number of carbonyl (C=O) groups is 2. The number of hydrogen-bond acceptors (Lipinski definition) is 6. The van der Waals surface area contributed by atoms with E-state index >= 15 is 0 Å². The molecule has 0 bridgehead atoms. The maximum absolute atomic E-state index is 12.8. The standard InChI is InChI=1S/C18H20N4O2S2/c1-4-22(5-2)18-20-16-13(26-18)10-14(25-16)17(24)21(3)12-8-6-11(7-9-12)15(19)23/h6-10H,4-5H2,1-3H3,(H2,19,23). The van der Waals surface area contributed by atoms with E-state index < -0.39 is 5.91 Å². The van der Waals surface area contributed by atoms with Gasteiger partial charge in [0.15, 0.2) is 5.13 Å². The molecule has 3 rings (SSSR count). The number of fused-ring (bicyclic) bond motifs is 1. The summed E-state index contributed by atoms with van der Waals surface area (Å²) in [6.07, 6.45) is 0. The van der Waals surface area contributed by atoms with Crippen LogP contribution in [0.1, 0.15) is 33.9 Å². The molecule has 2 heterocycles. The number of aromatic nitrogens is 1. The Bertz CT molecular complexity index is 910. The first-order chi connectivity index (χ1) is 12.4. The van der Waals surface area contributed by atoms with E-state index in [-0.39, 0.29) is 5.91 Å². The number of benzene rings is 1. The van der Waals surface area contributed by atoms with Gasteiger partial charge in [0.1, 0.15) is 4.83 Å². The molecule has 0 aliphatic rings. The molecule has 0 aliphatic carbocycles. The number of nitrogens with two attached hydrogens (primary N) is 1. The third-order valence-corrected chi connectivity index (χ3v) is 6.38. The summed E-state index contributed by atoms with van der Waals surface area (Å²) in [6, 6.07) is 8.56. The molecular weight excluding hydrogens is 368 g/mol. The fourth-order valence-electron chi connectivity index (χ4n) is 2.59. The molecule has 0 unspecified atom stereocenters. The van der Waals surface area contributed by atoms with Gasteiger partial charge >= 0.3 is 0 Å². The molecule has 26 heavy (non-hydrogen) atoms. The topological polar surface area (TPSA) is 79.5 Å². The largest absolute Gasteiger partial charge is 0.366 e. The number of carbonyl (C=O) groups excluding carboxylic acids is 2. The van der Waals surface area contributed by atoms with E-state index in [9.17, 15) is 9.59 Å². The van der Waals surface area contributed by atoms with Crippen LogP contribution >= 0.6 is 22.7 Å². The third kappa shape index (κ3) is 3.42. The Balaban J connectivity index is 1.82. The van der Waals surface area contributed by atoms with Crippen LogP contribution in [0.15, 0.2) is 30.3 Å². The van der Waals surface area contributed by atoms with E-state index in [1.165, 1.54) is 11.3 Å². The first-order valence-corrected chi connectivity index (χ1v) is 9.91. The van der Waals surface area contributed by atoms with Gasteiger partial charge in [-0.3, -0.25) is 9.59 Å². The van der Waals surface area contributed by atoms with Crippen LogP contribution in [-0.2, 0) is 0 Å². The number of anilines is 2. The molecule has 0 fully saturated rings. The Kier molecular flexibility index (Phi) is 5.24. The summed E-state index contributed by atoms with van der Waals surface area (Å²) in [5.74, 6) is -0.587. The third-order valence-electron chi connectivity index (χ3n) is 4.17. The summed E-state index contributed by atoms with van der Waals surface area (Å²) in [6.45, 7) is 6.03. The summed E-state index contributed by atoms with van der Waals surface area (Å²) in [5, 5.41) is 0.991. The minimum Gasteiger partial charge on any atom is -0.366 e. The minimum atomic E-state index is -0.487. The highest BCUT2D eigenvalue weighted by Gasteiger charge is 2.19. The highest BCUT2D eigenvalue weighted by atomic mass is 32.1. The maximum atomic E-state index is 12.8. The van der Waals surface area contributed by atoms with Gasteiger partial charge in [0.2, 0.25) is 5.91 Å². The van der Waals surface area contributed by atoms with Crippen LogP contribution in [0.4, 0.5) is 10.8 Å². The highest BCUT2D eigenvalue weighted by Crippen LogP contribution is 2.35. The Morgan fingerprint density at radius 3 is 2.31 bits per heavy atom.